The van der Waals surface area contributed by atoms with Gasteiger partial charge in [0.1, 0.15) is 5.78 Å². The van der Waals surface area contributed by atoms with Crippen molar-refractivity contribution in [1.29, 1.82) is 0 Å². The first kappa shape index (κ1) is 9.23. The van der Waals surface area contributed by atoms with Gasteiger partial charge in [0.2, 0.25) is 5.91 Å². The third kappa shape index (κ3) is 2.64. The SMILES string of the molecule is CC(=O)CC[C@@H]1CCCNC1=O. The molecule has 0 bridgehead atoms. The van der Waals surface area contributed by atoms with Crippen LogP contribution >= 0.6 is 0 Å². The van der Waals surface area contributed by atoms with Crippen LogP contribution in [0.15, 0.2) is 0 Å². The van der Waals surface area contributed by atoms with Gasteiger partial charge in [0.05, 0.1) is 0 Å². The standard InChI is InChI=1S/C9H15NO2/c1-7(11)4-5-8-3-2-6-10-9(8)12/h8H,2-6H2,1H3,(H,10,12)/t8-/m0/s1. The van der Waals surface area contributed by atoms with Crippen LogP contribution in [0.3, 0.4) is 0 Å². The van der Waals surface area contributed by atoms with Crippen molar-refractivity contribution in [3.05, 3.63) is 0 Å². The molecule has 1 N–H and O–H groups in total. The van der Waals surface area contributed by atoms with E-state index in [0.717, 1.165) is 25.8 Å². The second kappa shape index (κ2) is 4.24. The quantitative estimate of drug-likeness (QED) is 0.681. The molecule has 1 amide bonds. The lowest BCUT2D eigenvalue weighted by Crippen LogP contribution is -2.36. The van der Waals surface area contributed by atoms with Crippen molar-refractivity contribution in [2.75, 3.05) is 6.54 Å². The van der Waals surface area contributed by atoms with E-state index in [1.807, 2.05) is 0 Å². The summed E-state index contributed by atoms with van der Waals surface area (Å²) < 4.78 is 0. The average Bonchev–Trinajstić information content (AvgIpc) is 2.03. The third-order valence-electron chi connectivity index (χ3n) is 2.24. The fraction of sp³-hybridized carbons (Fsp3) is 0.778. The van der Waals surface area contributed by atoms with E-state index in [1.165, 1.54) is 0 Å². The van der Waals surface area contributed by atoms with E-state index in [4.69, 9.17) is 0 Å². The summed E-state index contributed by atoms with van der Waals surface area (Å²) in [5.41, 5.74) is 0. The first-order valence-corrected chi connectivity index (χ1v) is 4.47. The number of piperidine rings is 1. The number of amides is 1. The summed E-state index contributed by atoms with van der Waals surface area (Å²) >= 11 is 0. The average molecular weight is 169 g/mol. The van der Waals surface area contributed by atoms with E-state index in [0.29, 0.717) is 6.42 Å². The van der Waals surface area contributed by atoms with Gasteiger partial charge in [0.15, 0.2) is 0 Å². The van der Waals surface area contributed by atoms with Gasteiger partial charge < -0.3 is 10.1 Å². The Hall–Kier alpha value is -0.860. The highest BCUT2D eigenvalue weighted by molar-refractivity contribution is 5.81. The molecular weight excluding hydrogens is 154 g/mol. The Morgan fingerprint density at radius 1 is 1.67 bits per heavy atom. The van der Waals surface area contributed by atoms with Gasteiger partial charge in [-0.15, -0.1) is 0 Å². The van der Waals surface area contributed by atoms with Crippen LogP contribution in [0.4, 0.5) is 0 Å². The largest absolute Gasteiger partial charge is 0.356 e. The Labute approximate surface area is 72.5 Å². The van der Waals surface area contributed by atoms with Gasteiger partial charge in [-0.05, 0) is 26.2 Å². The number of rotatable bonds is 3. The lowest BCUT2D eigenvalue weighted by Gasteiger charge is -2.20. The summed E-state index contributed by atoms with van der Waals surface area (Å²) in [4.78, 5) is 21.8. The normalized spacial score (nSPS) is 23.4. The molecule has 0 spiro atoms. The number of nitrogens with one attached hydrogen (secondary N) is 1. The van der Waals surface area contributed by atoms with Gasteiger partial charge in [-0.3, -0.25) is 4.79 Å². The molecule has 1 saturated heterocycles. The molecule has 0 aromatic heterocycles. The third-order valence-corrected chi connectivity index (χ3v) is 2.24. The molecule has 1 atom stereocenters. The first-order valence-electron chi connectivity index (χ1n) is 4.47. The molecule has 0 unspecified atom stereocenters. The van der Waals surface area contributed by atoms with Gasteiger partial charge in [0, 0.05) is 18.9 Å². The Morgan fingerprint density at radius 3 is 3.00 bits per heavy atom. The van der Waals surface area contributed by atoms with Crippen molar-refractivity contribution in [1.82, 2.24) is 5.32 Å². The van der Waals surface area contributed by atoms with Crippen LogP contribution in [0, 0.1) is 5.92 Å². The van der Waals surface area contributed by atoms with E-state index in [1.54, 1.807) is 6.92 Å². The molecule has 3 heteroatoms. The summed E-state index contributed by atoms with van der Waals surface area (Å²) in [5.74, 6) is 0.388. The molecule has 0 aromatic carbocycles. The first-order chi connectivity index (χ1) is 5.70. The number of carbonyl (C=O) groups excluding carboxylic acids is 2. The van der Waals surface area contributed by atoms with Crippen LogP contribution < -0.4 is 5.32 Å². The highest BCUT2D eigenvalue weighted by atomic mass is 16.2. The summed E-state index contributed by atoms with van der Waals surface area (Å²) in [6.07, 6.45) is 3.26. The highest BCUT2D eigenvalue weighted by Gasteiger charge is 2.21. The van der Waals surface area contributed by atoms with Crippen LogP contribution in [-0.2, 0) is 9.59 Å². The zero-order valence-electron chi connectivity index (χ0n) is 7.43. The molecule has 1 heterocycles. The summed E-state index contributed by atoms with van der Waals surface area (Å²) in [6, 6.07) is 0. The Balaban J connectivity index is 2.29. The number of hydrogen-bond acceptors (Lipinski definition) is 2. The van der Waals surface area contributed by atoms with Gasteiger partial charge in [-0.25, -0.2) is 0 Å². The molecule has 0 aromatic rings. The number of carbonyl (C=O) groups is 2. The van der Waals surface area contributed by atoms with Gasteiger partial charge in [-0.1, -0.05) is 0 Å². The maximum atomic E-state index is 11.2. The van der Waals surface area contributed by atoms with Crippen molar-refractivity contribution in [2.24, 2.45) is 5.92 Å². The highest BCUT2D eigenvalue weighted by Crippen LogP contribution is 2.16. The zero-order chi connectivity index (χ0) is 8.97. The predicted molar refractivity (Wildman–Crippen MR) is 45.6 cm³/mol. The van der Waals surface area contributed by atoms with E-state index in [-0.39, 0.29) is 17.6 Å². The smallest absolute Gasteiger partial charge is 0.223 e. The Bertz CT molecular complexity index is 189. The van der Waals surface area contributed by atoms with Gasteiger partial charge in [0.25, 0.3) is 0 Å². The number of ketones is 1. The molecule has 1 aliphatic rings. The second-order valence-corrected chi connectivity index (χ2v) is 3.37. The van der Waals surface area contributed by atoms with Crippen molar-refractivity contribution >= 4 is 11.7 Å². The lowest BCUT2D eigenvalue weighted by molar-refractivity contribution is -0.127. The molecule has 0 radical (unpaired) electrons. The fourth-order valence-corrected chi connectivity index (χ4v) is 1.49. The molecule has 1 fully saturated rings. The minimum Gasteiger partial charge on any atom is -0.356 e. The van der Waals surface area contributed by atoms with Crippen molar-refractivity contribution in [3.63, 3.8) is 0 Å². The van der Waals surface area contributed by atoms with Crippen molar-refractivity contribution in [3.8, 4) is 0 Å². The van der Waals surface area contributed by atoms with Crippen molar-refractivity contribution < 1.29 is 9.59 Å². The minimum atomic E-state index is 0.0858. The Morgan fingerprint density at radius 2 is 2.42 bits per heavy atom. The monoisotopic (exact) mass is 169 g/mol. The Kier molecular flexibility index (Phi) is 3.26. The molecule has 1 rings (SSSR count). The van der Waals surface area contributed by atoms with Crippen LogP contribution in [0.25, 0.3) is 0 Å². The molecule has 12 heavy (non-hydrogen) atoms. The lowest BCUT2D eigenvalue weighted by atomic mass is 9.93. The van der Waals surface area contributed by atoms with Gasteiger partial charge >= 0.3 is 0 Å². The summed E-state index contributed by atoms with van der Waals surface area (Å²) in [7, 11) is 0. The number of hydrogen-bond donors (Lipinski definition) is 1. The topological polar surface area (TPSA) is 46.2 Å². The van der Waals surface area contributed by atoms with Crippen LogP contribution in [0.1, 0.15) is 32.6 Å². The minimum absolute atomic E-state index is 0.0858. The molecule has 3 nitrogen and oxygen atoms in total. The maximum Gasteiger partial charge on any atom is 0.223 e. The summed E-state index contributed by atoms with van der Waals surface area (Å²) in [6.45, 7) is 2.37. The molecule has 1 aliphatic heterocycles. The molecule has 0 aliphatic carbocycles. The second-order valence-electron chi connectivity index (χ2n) is 3.37. The molecule has 0 saturated carbocycles. The fourth-order valence-electron chi connectivity index (χ4n) is 1.49. The number of Topliss-reactive ketones (excluding diaryl/α,β-unsaturated/α-hetero) is 1. The molecular formula is C9H15NO2. The van der Waals surface area contributed by atoms with Crippen LogP contribution in [0.2, 0.25) is 0 Å². The van der Waals surface area contributed by atoms with Gasteiger partial charge in [-0.2, -0.15) is 0 Å². The summed E-state index contributed by atoms with van der Waals surface area (Å²) in [5, 5.41) is 2.81. The van der Waals surface area contributed by atoms with Crippen molar-refractivity contribution in [2.45, 2.75) is 32.6 Å². The zero-order valence-corrected chi connectivity index (χ0v) is 7.43. The van der Waals surface area contributed by atoms with Crippen LogP contribution in [0.5, 0.6) is 0 Å². The van der Waals surface area contributed by atoms with E-state index in [2.05, 4.69) is 5.32 Å². The maximum absolute atomic E-state index is 11.2. The van der Waals surface area contributed by atoms with E-state index in [9.17, 15) is 9.59 Å². The predicted octanol–water partition coefficient (Wildman–Crippen LogP) is 0.882. The van der Waals surface area contributed by atoms with Crippen LogP contribution in [-0.4, -0.2) is 18.2 Å². The van der Waals surface area contributed by atoms with E-state index < -0.39 is 0 Å². The van der Waals surface area contributed by atoms with E-state index >= 15 is 0 Å². The molecule has 68 valence electrons.